The van der Waals surface area contributed by atoms with E-state index in [4.69, 9.17) is 15.2 Å². The van der Waals surface area contributed by atoms with Gasteiger partial charge in [0.15, 0.2) is 0 Å². The third-order valence-electron chi connectivity index (χ3n) is 3.35. The van der Waals surface area contributed by atoms with Crippen LogP contribution < -0.4 is 10.6 Å². The van der Waals surface area contributed by atoms with E-state index < -0.39 is 0 Å². The Labute approximate surface area is 118 Å². The lowest BCUT2D eigenvalue weighted by Crippen LogP contribution is -2.46. The van der Waals surface area contributed by atoms with Crippen LogP contribution in [0, 0.1) is 0 Å². The highest BCUT2D eigenvalue weighted by molar-refractivity contribution is 5.95. The van der Waals surface area contributed by atoms with E-state index in [2.05, 4.69) is 16.8 Å². The summed E-state index contributed by atoms with van der Waals surface area (Å²) in [5, 5.41) is 0. The first-order valence-corrected chi connectivity index (χ1v) is 6.94. The molecule has 0 aromatic carbocycles. The molecule has 0 aliphatic carbocycles. The van der Waals surface area contributed by atoms with Gasteiger partial charge in [0, 0.05) is 6.54 Å². The van der Waals surface area contributed by atoms with Crippen molar-refractivity contribution in [2.75, 3.05) is 37.0 Å². The molecule has 1 aliphatic rings. The first kappa shape index (κ1) is 14.6. The second-order valence-corrected chi connectivity index (χ2v) is 4.69. The SMILES string of the molecule is CCOC(=O)c1cc(N)cnc1N1CCOCC1CC. The van der Waals surface area contributed by atoms with Gasteiger partial charge in [0.25, 0.3) is 0 Å². The number of anilines is 2. The molecule has 1 saturated heterocycles. The number of aromatic nitrogens is 1. The van der Waals surface area contributed by atoms with Gasteiger partial charge in [0.05, 0.1) is 37.7 Å². The summed E-state index contributed by atoms with van der Waals surface area (Å²) in [6.45, 7) is 6.18. The predicted octanol–water partition coefficient (Wildman–Crippen LogP) is 1.46. The summed E-state index contributed by atoms with van der Waals surface area (Å²) in [6.07, 6.45) is 2.49. The quantitative estimate of drug-likeness (QED) is 0.841. The van der Waals surface area contributed by atoms with Crippen LogP contribution in [-0.4, -0.2) is 43.4 Å². The second-order valence-electron chi connectivity index (χ2n) is 4.69. The number of nitrogen functional groups attached to an aromatic ring is 1. The van der Waals surface area contributed by atoms with Gasteiger partial charge in [0.2, 0.25) is 0 Å². The molecule has 2 N–H and O–H groups in total. The molecule has 2 heterocycles. The Morgan fingerprint density at radius 2 is 2.40 bits per heavy atom. The van der Waals surface area contributed by atoms with E-state index in [0.29, 0.717) is 43.4 Å². The lowest BCUT2D eigenvalue weighted by Gasteiger charge is -2.36. The number of pyridine rings is 1. The summed E-state index contributed by atoms with van der Waals surface area (Å²) in [6, 6.07) is 1.84. The van der Waals surface area contributed by atoms with Gasteiger partial charge in [-0.2, -0.15) is 0 Å². The number of nitrogens with zero attached hydrogens (tertiary/aromatic N) is 2. The van der Waals surface area contributed by atoms with E-state index in [1.165, 1.54) is 0 Å². The Kier molecular flexibility index (Phi) is 4.79. The Morgan fingerprint density at radius 3 is 3.10 bits per heavy atom. The van der Waals surface area contributed by atoms with Crippen molar-refractivity contribution < 1.29 is 14.3 Å². The van der Waals surface area contributed by atoms with Crippen LogP contribution in [0.4, 0.5) is 11.5 Å². The molecule has 0 amide bonds. The van der Waals surface area contributed by atoms with E-state index in [9.17, 15) is 4.79 Å². The van der Waals surface area contributed by atoms with Crippen molar-refractivity contribution in [1.82, 2.24) is 4.98 Å². The average Bonchev–Trinajstić information content (AvgIpc) is 2.47. The Hall–Kier alpha value is -1.82. The average molecular weight is 279 g/mol. The minimum atomic E-state index is -0.386. The molecule has 0 saturated carbocycles. The largest absolute Gasteiger partial charge is 0.462 e. The van der Waals surface area contributed by atoms with E-state index in [1.54, 1.807) is 19.2 Å². The predicted molar refractivity (Wildman–Crippen MR) is 76.8 cm³/mol. The topological polar surface area (TPSA) is 77.7 Å². The number of rotatable bonds is 4. The van der Waals surface area contributed by atoms with Crippen LogP contribution in [0.25, 0.3) is 0 Å². The summed E-state index contributed by atoms with van der Waals surface area (Å²) in [5.74, 6) is 0.247. The van der Waals surface area contributed by atoms with Crippen LogP contribution in [0.3, 0.4) is 0 Å². The highest BCUT2D eigenvalue weighted by Crippen LogP contribution is 2.25. The minimum absolute atomic E-state index is 0.216. The molecule has 1 aliphatic heterocycles. The van der Waals surface area contributed by atoms with Gasteiger partial charge in [-0.25, -0.2) is 9.78 Å². The molecule has 1 atom stereocenters. The fraction of sp³-hybridized carbons (Fsp3) is 0.571. The molecular formula is C14H21N3O3. The van der Waals surface area contributed by atoms with Gasteiger partial charge >= 0.3 is 5.97 Å². The van der Waals surface area contributed by atoms with Gasteiger partial charge in [-0.05, 0) is 19.4 Å². The van der Waals surface area contributed by atoms with Crippen molar-refractivity contribution in [3.63, 3.8) is 0 Å². The maximum absolute atomic E-state index is 12.1. The van der Waals surface area contributed by atoms with Gasteiger partial charge in [-0.15, -0.1) is 0 Å². The summed E-state index contributed by atoms with van der Waals surface area (Å²) in [7, 11) is 0. The first-order chi connectivity index (χ1) is 9.67. The zero-order valence-corrected chi connectivity index (χ0v) is 12.0. The maximum atomic E-state index is 12.1. The Balaban J connectivity index is 2.36. The molecule has 2 rings (SSSR count). The smallest absolute Gasteiger partial charge is 0.341 e. The molecule has 1 fully saturated rings. The Bertz CT molecular complexity index is 479. The molecule has 1 aromatic heterocycles. The number of carbonyl (C=O) groups excluding carboxylic acids is 1. The van der Waals surface area contributed by atoms with E-state index >= 15 is 0 Å². The van der Waals surface area contributed by atoms with E-state index in [0.717, 1.165) is 6.42 Å². The van der Waals surface area contributed by atoms with Crippen LogP contribution in [0.5, 0.6) is 0 Å². The number of morpholine rings is 1. The number of carbonyl (C=O) groups is 1. The second kappa shape index (κ2) is 6.56. The van der Waals surface area contributed by atoms with Crippen LogP contribution >= 0.6 is 0 Å². The fourth-order valence-electron chi connectivity index (χ4n) is 2.33. The number of esters is 1. The zero-order chi connectivity index (χ0) is 14.5. The number of nitrogens with two attached hydrogens (primary N) is 1. The van der Waals surface area contributed by atoms with E-state index in [1.807, 2.05) is 0 Å². The highest BCUT2D eigenvalue weighted by atomic mass is 16.5. The van der Waals surface area contributed by atoms with Gasteiger partial charge in [-0.1, -0.05) is 6.92 Å². The molecule has 1 unspecified atom stereocenters. The molecular weight excluding hydrogens is 258 g/mol. The first-order valence-electron chi connectivity index (χ1n) is 6.94. The molecule has 0 bridgehead atoms. The molecule has 6 heteroatoms. The van der Waals surface area contributed by atoms with Crippen LogP contribution in [0.1, 0.15) is 30.6 Å². The molecule has 0 radical (unpaired) electrons. The van der Waals surface area contributed by atoms with Crippen LogP contribution in [0.15, 0.2) is 12.3 Å². The monoisotopic (exact) mass is 279 g/mol. The normalized spacial score (nSPS) is 18.9. The van der Waals surface area contributed by atoms with E-state index in [-0.39, 0.29) is 12.0 Å². The van der Waals surface area contributed by atoms with Gasteiger partial charge in [-0.3, -0.25) is 0 Å². The standard InChI is InChI=1S/C14H21N3O3/c1-3-11-9-19-6-5-17(11)13-12(14(18)20-4-2)7-10(15)8-16-13/h7-8,11H,3-6,9,15H2,1-2H3. The zero-order valence-electron chi connectivity index (χ0n) is 12.0. The third-order valence-corrected chi connectivity index (χ3v) is 3.35. The number of ether oxygens (including phenoxy) is 2. The van der Waals surface area contributed by atoms with Gasteiger partial charge in [0.1, 0.15) is 11.4 Å². The molecule has 6 nitrogen and oxygen atoms in total. The van der Waals surface area contributed by atoms with Crippen molar-refractivity contribution in [2.45, 2.75) is 26.3 Å². The van der Waals surface area contributed by atoms with Crippen molar-refractivity contribution in [3.8, 4) is 0 Å². The maximum Gasteiger partial charge on any atom is 0.341 e. The third kappa shape index (κ3) is 3.01. The molecule has 1 aromatic rings. The molecule has 20 heavy (non-hydrogen) atoms. The molecule has 0 spiro atoms. The van der Waals surface area contributed by atoms with Crippen molar-refractivity contribution in [2.24, 2.45) is 0 Å². The van der Waals surface area contributed by atoms with Crippen molar-refractivity contribution in [3.05, 3.63) is 17.8 Å². The Morgan fingerprint density at radius 1 is 1.60 bits per heavy atom. The minimum Gasteiger partial charge on any atom is -0.462 e. The van der Waals surface area contributed by atoms with Crippen LogP contribution in [-0.2, 0) is 9.47 Å². The number of hydrogen-bond donors (Lipinski definition) is 1. The number of hydrogen-bond acceptors (Lipinski definition) is 6. The summed E-state index contributed by atoms with van der Waals surface area (Å²) < 4.78 is 10.6. The van der Waals surface area contributed by atoms with Crippen molar-refractivity contribution >= 4 is 17.5 Å². The van der Waals surface area contributed by atoms with Gasteiger partial charge < -0.3 is 20.1 Å². The van der Waals surface area contributed by atoms with Crippen molar-refractivity contribution in [1.29, 1.82) is 0 Å². The van der Waals surface area contributed by atoms with Crippen LogP contribution in [0.2, 0.25) is 0 Å². The lowest BCUT2D eigenvalue weighted by molar-refractivity contribution is 0.0524. The lowest BCUT2D eigenvalue weighted by atomic mass is 10.1. The summed E-state index contributed by atoms with van der Waals surface area (Å²) in [4.78, 5) is 18.5. The summed E-state index contributed by atoms with van der Waals surface area (Å²) in [5.41, 5.74) is 6.62. The highest BCUT2D eigenvalue weighted by Gasteiger charge is 2.27. The summed E-state index contributed by atoms with van der Waals surface area (Å²) >= 11 is 0. The molecule has 110 valence electrons. The fourth-order valence-corrected chi connectivity index (χ4v) is 2.33.